The molecule has 1 amide bonds. The third kappa shape index (κ3) is 3.84. The summed E-state index contributed by atoms with van der Waals surface area (Å²) in [5.41, 5.74) is -0.429. The maximum atomic E-state index is 12.1. The van der Waals surface area contributed by atoms with E-state index in [1.54, 1.807) is 0 Å². The normalized spacial score (nSPS) is 21.4. The van der Waals surface area contributed by atoms with Crippen LogP contribution in [0.5, 0.6) is 0 Å². The van der Waals surface area contributed by atoms with Crippen LogP contribution in [0, 0.1) is 5.92 Å². The predicted octanol–water partition coefficient (Wildman–Crippen LogP) is 2.92. The fourth-order valence-corrected chi connectivity index (χ4v) is 3.75. The Morgan fingerprint density at radius 1 is 1.25 bits per heavy atom. The van der Waals surface area contributed by atoms with Crippen LogP contribution in [-0.2, 0) is 14.3 Å². The minimum absolute atomic E-state index is 0.0153. The number of rotatable bonds is 4. The lowest BCUT2D eigenvalue weighted by Gasteiger charge is -2.55. The third-order valence-electron chi connectivity index (χ3n) is 4.01. The van der Waals surface area contributed by atoms with Crippen molar-refractivity contribution < 1.29 is 14.3 Å². The van der Waals surface area contributed by atoms with Crippen molar-refractivity contribution in [1.82, 2.24) is 4.90 Å². The molecule has 0 N–H and O–H groups in total. The van der Waals surface area contributed by atoms with Gasteiger partial charge in [-0.3, -0.25) is 9.59 Å². The van der Waals surface area contributed by atoms with Gasteiger partial charge in [-0.05, 0) is 59.0 Å². The van der Waals surface area contributed by atoms with Gasteiger partial charge >= 0.3 is 5.97 Å². The standard InChI is InChI=1S/C16H27NO3/c1-7-14(19)17-15(3,4)10-13(11-16(17,5)6)8-9-20-12(2)18/h7,13H,1,8-11H2,2-6H3. The van der Waals surface area contributed by atoms with Gasteiger partial charge in [-0.15, -0.1) is 0 Å². The fourth-order valence-electron chi connectivity index (χ4n) is 3.75. The number of esters is 1. The second-order valence-electron chi connectivity index (χ2n) is 6.91. The van der Waals surface area contributed by atoms with Crippen molar-refractivity contribution in [2.24, 2.45) is 5.92 Å². The summed E-state index contributed by atoms with van der Waals surface area (Å²) in [6, 6.07) is 0. The number of hydrogen-bond donors (Lipinski definition) is 0. The van der Waals surface area contributed by atoms with E-state index >= 15 is 0 Å². The molecule has 0 saturated carbocycles. The molecule has 0 spiro atoms. The first-order valence-corrected chi connectivity index (χ1v) is 7.20. The number of hydrogen-bond acceptors (Lipinski definition) is 3. The molecule has 1 saturated heterocycles. The van der Waals surface area contributed by atoms with Crippen molar-refractivity contribution in [3.05, 3.63) is 12.7 Å². The van der Waals surface area contributed by atoms with Crippen LogP contribution in [-0.4, -0.2) is 34.5 Å². The first-order valence-electron chi connectivity index (χ1n) is 7.20. The SMILES string of the molecule is C=CC(=O)N1C(C)(C)CC(CCOC(C)=O)CC1(C)C. The first kappa shape index (κ1) is 16.7. The minimum Gasteiger partial charge on any atom is -0.466 e. The molecule has 1 aliphatic rings. The van der Waals surface area contributed by atoms with Crippen molar-refractivity contribution in [1.29, 1.82) is 0 Å². The Bertz CT molecular complexity index is 381. The van der Waals surface area contributed by atoms with Crippen molar-refractivity contribution in [3.63, 3.8) is 0 Å². The van der Waals surface area contributed by atoms with E-state index in [0.717, 1.165) is 19.3 Å². The number of nitrogens with zero attached hydrogens (tertiary/aromatic N) is 1. The Morgan fingerprint density at radius 2 is 1.75 bits per heavy atom. The number of carbonyl (C=O) groups excluding carboxylic acids is 2. The third-order valence-corrected chi connectivity index (χ3v) is 4.01. The lowest BCUT2D eigenvalue weighted by atomic mass is 9.72. The van der Waals surface area contributed by atoms with Crippen molar-refractivity contribution in [2.75, 3.05) is 6.61 Å². The quantitative estimate of drug-likeness (QED) is 0.588. The Morgan fingerprint density at radius 3 is 2.15 bits per heavy atom. The first-order chi connectivity index (χ1) is 9.10. The van der Waals surface area contributed by atoms with Crippen LogP contribution < -0.4 is 0 Å². The molecule has 0 radical (unpaired) electrons. The van der Waals surface area contributed by atoms with Crippen molar-refractivity contribution in [3.8, 4) is 0 Å². The molecule has 4 nitrogen and oxygen atoms in total. The van der Waals surface area contributed by atoms with Gasteiger partial charge in [-0.2, -0.15) is 0 Å². The molecule has 1 rings (SSSR count). The molecule has 0 aromatic rings. The summed E-state index contributed by atoms with van der Waals surface area (Å²) in [7, 11) is 0. The fraction of sp³-hybridized carbons (Fsp3) is 0.750. The van der Waals surface area contributed by atoms with Gasteiger partial charge in [0.2, 0.25) is 5.91 Å². The number of ether oxygens (including phenoxy) is 1. The Balaban J connectivity index is 2.79. The summed E-state index contributed by atoms with van der Waals surface area (Å²) < 4.78 is 5.04. The van der Waals surface area contributed by atoms with Gasteiger partial charge in [0.15, 0.2) is 0 Å². The summed E-state index contributed by atoms with van der Waals surface area (Å²) in [4.78, 5) is 24.9. The van der Waals surface area contributed by atoms with Gasteiger partial charge in [0.25, 0.3) is 0 Å². The summed E-state index contributed by atoms with van der Waals surface area (Å²) in [5.74, 6) is 0.203. The van der Waals surface area contributed by atoms with E-state index in [0.29, 0.717) is 12.5 Å². The molecule has 0 aliphatic carbocycles. The molecule has 1 aliphatic heterocycles. The highest BCUT2D eigenvalue weighted by atomic mass is 16.5. The molecule has 4 heteroatoms. The van der Waals surface area contributed by atoms with Gasteiger partial charge in [0, 0.05) is 18.0 Å². The second kappa shape index (κ2) is 5.98. The van der Waals surface area contributed by atoms with E-state index in [1.807, 2.05) is 4.90 Å². The zero-order chi connectivity index (χ0) is 15.6. The zero-order valence-corrected chi connectivity index (χ0v) is 13.4. The van der Waals surface area contributed by atoms with E-state index in [1.165, 1.54) is 13.0 Å². The smallest absolute Gasteiger partial charge is 0.302 e. The Labute approximate surface area is 122 Å². The lowest BCUT2D eigenvalue weighted by Crippen LogP contribution is -2.62. The molecule has 0 unspecified atom stereocenters. The molecule has 114 valence electrons. The minimum atomic E-state index is -0.234. The zero-order valence-electron chi connectivity index (χ0n) is 13.4. The maximum absolute atomic E-state index is 12.1. The topological polar surface area (TPSA) is 46.6 Å². The monoisotopic (exact) mass is 281 g/mol. The summed E-state index contributed by atoms with van der Waals surface area (Å²) in [6.45, 7) is 13.9. The molecular weight excluding hydrogens is 254 g/mol. The van der Waals surface area contributed by atoms with Gasteiger partial charge in [0.1, 0.15) is 0 Å². The number of amides is 1. The Hall–Kier alpha value is -1.32. The van der Waals surface area contributed by atoms with E-state index < -0.39 is 0 Å². The number of piperidine rings is 1. The van der Waals surface area contributed by atoms with Gasteiger partial charge < -0.3 is 9.64 Å². The average Bonchev–Trinajstić information content (AvgIpc) is 2.24. The highest BCUT2D eigenvalue weighted by molar-refractivity contribution is 5.88. The van der Waals surface area contributed by atoms with E-state index in [4.69, 9.17) is 4.74 Å². The maximum Gasteiger partial charge on any atom is 0.302 e. The van der Waals surface area contributed by atoms with Gasteiger partial charge in [-0.25, -0.2) is 0 Å². The van der Waals surface area contributed by atoms with Crippen molar-refractivity contribution >= 4 is 11.9 Å². The summed E-state index contributed by atoms with van der Waals surface area (Å²) in [5, 5.41) is 0. The van der Waals surface area contributed by atoms with Crippen LogP contribution in [0.2, 0.25) is 0 Å². The number of likely N-dealkylation sites (tertiary alicyclic amines) is 1. The van der Waals surface area contributed by atoms with Crippen LogP contribution >= 0.6 is 0 Å². The molecule has 0 atom stereocenters. The molecular formula is C16H27NO3. The molecule has 20 heavy (non-hydrogen) atoms. The lowest BCUT2D eigenvalue weighted by molar-refractivity contribution is -0.147. The van der Waals surface area contributed by atoms with Crippen LogP contribution in [0.1, 0.15) is 53.9 Å². The summed E-state index contributed by atoms with van der Waals surface area (Å²) >= 11 is 0. The van der Waals surface area contributed by atoms with E-state index in [2.05, 4.69) is 34.3 Å². The molecule has 1 heterocycles. The molecule has 1 fully saturated rings. The van der Waals surface area contributed by atoms with E-state index in [-0.39, 0.29) is 23.0 Å². The Kier molecular flexibility index (Phi) is 5.00. The van der Waals surface area contributed by atoms with Gasteiger partial charge in [-0.1, -0.05) is 6.58 Å². The number of carbonyl (C=O) groups is 2. The largest absolute Gasteiger partial charge is 0.466 e. The highest BCUT2D eigenvalue weighted by Crippen LogP contribution is 2.42. The summed E-state index contributed by atoms with van der Waals surface area (Å²) in [6.07, 6.45) is 4.07. The molecule has 0 bridgehead atoms. The molecule has 0 aromatic heterocycles. The van der Waals surface area contributed by atoms with Crippen molar-refractivity contribution in [2.45, 2.75) is 65.0 Å². The van der Waals surface area contributed by atoms with E-state index in [9.17, 15) is 9.59 Å². The van der Waals surface area contributed by atoms with Crippen LogP contribution in [0.4, 0.5) is 0 Å². The van der Waals surface area contributed by atoms with Crippen LogP contribution in [0.3, 0.4) is 0 Å². The van der Waals surface area contributed by atoms with Crippen LogP contribution in [0.15, 0.2) is 12.7 Å². The average molecular weight is 281 g/mol. The van der Waals surface area contributed by atoms with Crippen LogP contribution in [0.25, 0.3) is 0 Å². The molecule has 0 aromatic carbocycles. The van der Waals surface area contributed by atoms with Gasteiger partial charge in [0.05, 0.1) is 6.61 Å². The second-order valence-corrected chi connectivity index (χ2v) is 6.91. The highest BCUT2D eigenvalue weighted by Gasteiger charge is 2.46. The predicted molar refractivity (Wildman–Crippen MR) is 79.2 cm³/mol.